The van der Waals surface area contributed by atoms with Gasteiger partial charge in [-0.15, -0.1) is 0 Å². The van der Waals surface area contributed by atoms with E-state index in [9.17, 15) is 9.59 Å². The molecule has 0 spiro atoms. The molecule has 1 unspecified atom stereocenters. The first-order chi connectivity index (χ1) is 8.32. The first-order valence-corrected chi connectivity index (χ1v) is 5.87. The van der Waals surface area contributed by atoms with Gasteiger partial charge >= 0.3 is 5.97 Å². The molecule has 0 saturated carbocycles. The number of rotatable bonds is 4. The van der Waals surface area contributed by atoms with E-state index >= 15 is 0 Å². The van der Waals surface area contributed by atoms with Crippen molar-refractivity contribution in [2.75, 3.05) is 7.05 Å². The van der Waals surface area contributed by atoms with Crippen LogP contribution in [0.5, 0.6) is 0 Å². The van der Waals surface area contributed by atoms with Crippen molar-refractivity contribution >= 4 is 11.9 Å². The van der Waals surface area contributed by atoms with Crippen molar-refractivity contribution in [3.05, 3.63) is 34.9 Å². The second kappa shape index (κ2) is 5.67. The summed E-state index contributed by atoms with van der Waals surface area (Å²) in [5.41, 5.74) is 3.22. The number of aliphatic carboxylic acids is 1. The number of benzene rings is 1. The lowest BCUT2D eigenvalue weighted by atomic mass is 10.0. The number of hydrogen-bond donors (Lipinski definition) is 1. The van der Waals surface area contributed by atoms with Gasteiger partial charge in [-0.2, -0.15) is 0 Å². The minimum atomic E-state index is -0.995. The van der Waals surface area contributed by atoms with E-state index in [1.807, 2.05) is 32.0 Å². The van der Waals surface area contributed by atoms with Gasteiger partial charge in [-0.3, -0.25) is 4.79 Å². The molecule has 0 saturated heterocycles. The molecule has 1 N–H and O–H groups in total. The zero-order chi connectivity index (χ0) is 13.9. The summed E-state index contributed by atoms with van der Waals surface area (Å²) in [6.07, 6.45) is 0.231. The zero-order valence-corrected chi connectivity index (χ0v) is 11.2. The van der Waals surface area contributed by atoms with Crippen molar-refractivity contribution in [2.24, 2.45) is 0 Å². The van der Waals surface area contributed by atoms with Gasteiger partial charge in [0.2, 0.25) is 5.91 Å². The number of nitrogens with zero attached hydrogens (tertiary/aromatic N) is 1. The highest BCUT2D eigenvalue weighted by atomic mass is 16.4. The molecule has 0 fully saturated rings. The standard InChI is InChI=1S/C14H19NO3/c1-9-5-6-12(7-10(9)2)8-13(16)15(4)11(3)14(17)18/h5-7,11H,8H2,1-4H3,(H,17,18). The van der Waals surface area contributed by atoms with Gasteiger partial charge in [0.05, 0.1) is 6.42 Å². The lowest BCUT2D eigenvalue weighted by Gasteiger charge is -2.21. The summed E-state index contributed by atoms with van der Waals surface area (Å²) in [6.45, 7) is 5.51. The molecule has 1 aromatic rings. The Balaban J connectivity index is 2.75. The van der Waals surface area contributed by atoms with Crippen molar-refractivity contribution in [2.45, 2.75) is 33.2 Å². The van der Waals surface area contributed by atoms with Gasteiger partial charge in [-0.05, 0) is 37.5 Å². The molecule has 4 nitrogen and oxygen atoms in total. The highest BCUT2D eigenvalue weighted by molar-refractivity contribution is 5.84. The number of carboxylic acid groups (broad SMARTS) is 1. The van der Waals surface area contributed by atoms with Crippen LogP contribution in [-0.2, 0) is 16.0 Å². The monoisotopic (exact) mass is 249 g/mol. The fourth-order valence-corrected chi connectivity index (χ4v) is 1.59. The summed E-state index contributed by atoms with van der Waals surface area (Å²) >= 11 is 0. The van der Waals surface area contributed by atoms with Crippen LogP contribution in [0.2, 0.25) is 0 Å². The smallest absolute Gasteiger partial charge is 0.326 e. The average Bonchev–Trinajstić information content (AvgIpc) is 2.31. The van der Waals surface area contributed by atoms with Gasteiger partial charge in [0.1, 0.15) is 6.04 Å². The first-order valence-electron chi connectivity index (χ1n) is 5.87. The predicted molar refractivity (Wildman–Crippen MR) is 69.5 cm³/mol. The highest BCUT2D eigenvalue weighted by Gasteiger charge is 2.21. The second-order valence-electron chi connectivity index (χ2n) is 4.61. The van der Waals surface area contributed by atoms with Crippen LogP contribution in [0.25, 0.3) is 0 Å². The number of carboxylic acids is 1. The summed E-state index contributed by atoms with van der Waals surface area (Å²) in [6, 6.07) is 5.04. The third-order valence-corrected chi connectivity index (χ3v) is 3.26. The molecule has 4 heteroatoms. The minimum absolute atomic E-state index is 0.187. The number of likely N-dealkylation sites (N-methyl/N-ethyl adjacent to an activating group) is 1. The number of hydrogen-bond acceptors (Lipinski definition) is 2. The molecule has 0 aliphatic heterocycles. The van der Waals surface area contributed by atoms with Gasteiger partial charge in [0.25, 0.3) is 0 Å². The lowest BCUT2D eigenvalue weighted by molar-refractivity contribution is -0.147. The van der Waals surface area contributed by atoms with E-state index in [4.69, 9.17) is 5.11 Å². The van der Waals surface area contributed by atoms with Crippen LogP contribution in [0, 0.1) is 13.8 Å². The maximum atomic E-state index is 11.9. The maximum Gasteiger partial charge on any atom is 0.326 e. The Morgan fingerprint density at radius 1 is 1.28 bits per heavy atom. The topological polar surface area (TPSA) is 57.6 Å². The van der Waals surface area contributed by atoms with E-state index in [0.717, 1.165) is 11.1 Å². The quantitative estimate of drug-likeness (QED) is 0.884. The Hall–Kier alpha value is -1.84. The van der Waals surface area contributed by atoms with Gasteiger partial charge in [-0.1, -0.05) is 18.2 Å². The van der Waals surface area contributed by atoms with Crippen LogP contribution in [0.3, 0.4) is 0 Å². The summed E-state index contributed by atoms with van der Waals surface area (Å²) in [7, 11) is 1.52. The molecule has 1 atom stereocenters. The maximum absolute atomic E-state index is 11.9. The Labute approximate surface area is 107 Å². The summed E-state index contributed by atoms with van der Waals surface area (Å²) in [4.78, 5) is 24.0. The zero-order valence-electron chi connectivity index (χ0n) is 11.2. The first kappa shape index (κ1) is 14.2. The molecule has 98 valence electrons. The molecule has 18 heavy (non-hydrogen) atoms. The van der Waals surface area contributed by atoms with Crippen LogP contribution >= 0.6 is 0 Å². The Morgan fingerprint density at radius 2 is 1.89 bits per heavy atom. The van der Waals surface area contributed by atoms with Crippen LogP contribution in [-0.4, -0.2) is 35.0 Å². The van der Waals surface area contributed by atoms with Crippen LogP contribution < -0.4 is 0 Å². The Bertz CT molecular complexity index is 468. The normalized spacial score (nSPS) is 12.0. The molecule has 0 aliphatic rings. The van der Waals surface area contributed by atoms with Gasteiger partial charge in [-0.25, -0.2) is 4.79 Å². The molecule has 0 heterocycles. The molecule has 0 radical (unpaired) electrons. The van der Waals surface area contributed by atoms with Gasteiger partial charge in [0.15, 0.2) is 0 Å². The largest absolute Gasteiger partial charge is 0.480 e. The van der Waals surface area contributed by atoms with Crippen molar-refractivity contribution in [1.82, 2.24) is 4.90 Å². The van der Waals surface area contributed by atoms with Crippen molar-refractivity contribution in [3.8, 4) is 0 Å². The minimum Gasteiger partial charge on any atom is -0.480 e. The van der Waals surface area contributed by atoms with E-state index in [2.05, 4.69) is 0 Å². The fraction of sp³-hybridized carbons (Fsp3) is 0.429. The summed E-state index contributed by atoms with van der Waals surface area (Å²) in [5, 5.41) is 8.85. The van der Waals surface area contributed by atoms with Gasteiger partial charge in [0, 0.05) is 7.05 Å². The van der Waals surface area contributed by atoms with Crippen molar-refractivity contribution in [3.63, 3.8) is 0 Å². The number of amides is 1. The second-order valence-corrected chi connectivity index (χ2v) is 4.61. The molecule has 1 aromatic carbocycles. The van der Waals surface area contributed by atoms with E-state index in [-0.39, 0.29) is 12.3 Å². The van der Waals surface area contributed by atoms with Crippen LogP contribution in [0.15, 0.2) is 18.2 Å². The Morgan fingerprint density at radius 3 is 2.39 bits per heavy atom. The Kier molecular flexibility index (Phi) is 4.48. The highest BCUT2D eigenvalue weighted by Crippen LogP contribution is 2.11. The molecule has 0 bridgehead atoms. The SMILES string of the molecule is Cc1ccc(CC(=O)N(C)C(C)C(=O)O)cc1C. The molecule has 1 amide bonds. The number of carbonyl (C=O) groups excluding carboxylic acids is 1. The van der Waals surface area contributed by atoms with E-state index in [0.29, 0.717) is 0 Å². The third kappa shape index (κ3) is 3.32. The predicted octanol–water partition coefficient (Wildman–Crippen LogP) is 1.78. The molecular weight excluding hydrogens is 230 g/mol. The lowest BCUT2D eigenvalue weighted by Crippen LogP contribution is -2.41. The van der Waals surface area contributed by atoms with E-state index < -0.39 is 12.0 Å². The number of aryl methyl sites for hydroxylation is 2. The average molecular weight is 249 g/mol. The van der Waals surface area contributed by atoms with Gasteiger partial charge < -0.3 is 10.0 Å². The number of carbonyl (C=O) groups is 2. The fourth-order valence-electron chi connectivity index (χ4n) is 1.59. The summed E-state index contributed by atoms with van der Waals surface area (Å²) < 4.78 is 0. The van der Waals surface area contributed by atoms with Crippen molar-refractivity contribution < 1.29 is 14.7 Å². The van der Waals surface area contributed by atoms with E-state index in [1.54, 1.807) is 0 Å². The third-order valence-electron chi connectivity index (χ3n) is 3.26. The summed E-state index contributed by atoms with van der Waals surface area (Å²) in [5.74, 6) is -1.18. The molecule has 0 aliphatic carbocycles. The molecule has 0 aromatic heterocycles. The molecule has 1 rings (SSSR count). The molecular formula is C14H19NO3. The van der Waals surface area contributed by atoms with E-state index in [1.165, 1.54) is 24.4 Å². The van der Waals surface area contributed by atoms with Crippen LogP contribution in [0.4, 0.5) is 0 Å². The van der Waals surface area contributed by atoms with Crippen molar-refractivity contribution in [1.29, 1.82) is 0 Å². The van der Waals surface area contributed by atoms with Crippen LogP contribution in [0.1, 0.15) is 23.6 Å².